The van der Waals surface area contributed by atoms with Crippen molar-refractivity contribution >= 4 is 25.2 Å². The van der Waals surface area contributed by atoms with Gasteiger partial charge in [0.15, 0.2) is 5.60 Å². The van der Waals surface area contributed by atoms with E-state index in [0.717, 1.165) is 0 Å². The number of aliphatic carboxylic acids is 3. The number of hydrogen-bond donors (Lipinski definition) is 4. The minimum atomic E-state index is -6.00. The molecule has 0 aliphatic heterocycles. The second-order valence-corrected chi connectivity index (χ2v) is 2.97. The van der Waals surface area contributed by atoms with E-state index in [-0.39, 0.29) is 1.43 Å². The normalized spacial score (nSPS) is 11.2. The molecule has 0 saturated carbocycles. The summed E-state index contributed by atoms with van der Waals surface area (Å²) in [5, 5.41) is 33.8. The molecule has 0 radical (unpaired) electrons. The Labute approximate surface area is 98.2 Å². The number of aliphatic hydroxyl groups is 1. The van der Waals surface area contributed by atoms with Crippen LogP contribution in [0.15, 0.2) is 0 Å². The van der Waals surface area contributed by atoms with Gasteiger partial charge in [-0.15, -0.1) is 0 Å². The molecule has 0 aromatic heterocycles. The number of hydrogen-bond acceptors (Lipinski definition) is 4. The molecule has 7 nitrogen and oxygen atoms in total. The lowest BCUT2D eigenvalue weighted by atomic mass is 9.96. The Balaban J connectivity index is -0.000000366. The second kappa shape index (κ2) is 6.78. The first kappa shape index (κ1) is 18.5. The maximum absolute atomic E-state index is 10.3. The molecule has 0 heterocycles. The molecule has 0 amide bonds. The fourth-order valence-electron chi connectivity index (χ4n) is 0.714. The summed E-state index contributed by atoms with van der Waals surface area (Å²) in [6, 6.07) is 0. The smallest absolute Gasteiger partial charge is 0.481 e. The van der Waals surface area contributed by atoms with Crippen LogP contribution in [-0.4, -0.2) is 51.2 Å². The van der Waals surface area contributed by atoms with E-state index in [4.69, 9.17) is 20.4 Å². The number of carboxylic acid groups (broad SMARTS) is 3. The molecule has 4 N–H and O–H groups in total. The summed E-state index contributed by atoms with van der Waals surface area (Å²) in [6.45, 7) is 0. The number of carboxylic acids is 3. The lowest BCUT2D eigenvalue weighted by Gasteiger charge is -2.18. The topological polar surface area (TPSA) is 132 Å². The SMILES string of the molecule is F[B-](F)(F)F.O=C(O)CC(O)(CC(=O)O)C(=O)O.[H+]. The molecule has 0 bridgehead atoms. The Morgan fingerprint density at radius 2 is 1.17 bits per heavy atom. The van der Waals surface area contributed by atoms with E-state index in [1.807, 2.05) is 0 Å². The molecular weight excluding hydrogens is 271 g/mol. The van der Waals surface area contributed by atoms with Crippen LogP contribution in [0, 0.1) is 0 Å². The summed E-state index contributed by atoms with van der Waals surface area (Å²) < 4.78 is 39.0. The van der Waals surface area contributed by atoms with Gasteiger partial charge in [0.1, 0.15) is 0 Å². The van der Waals surface area contributed by atoms with Crippen LogP contribution in [0.5, 0.6) is 0 Å². The van der Waals surface area contributed by atoms with Gasteiger partial charge in [0, 0.05) is 0 Å². The standard InChI is InChI=1S/C6H8O7.BF4/c7-3(8)1-6(13,5(11)12)2-4(9)10;2-1(3,4)5/h13H,1-2H2,(H,7,8)(H,9,10)(H,11,12);/q;-1/p+1. The summed E-state index contributed by atoms with van der Waals surface area (Å²) in [6.07, 6.45) is -2.29. The molecule has 0 aromatic rings. The summed E-state index contributed by atoms with van der Waals surface area (Å²) in [5.74, 6) is -5.02. The molecule has 0 atom stereocenters. The van der Waals surface area contributed by atoms with Gasteiger partial charge in [-0.25, -0.2) is 4.79 Å². The molecule has 0 aromatic carbocycles. The molecule has 0 aliphatic carbocycles. The molecular formula is C6H9BF4O7. The first-order chi connectivity index (χ1) is 7.78. The molecule has 0 saturated heterocycles. The Morgan fingerprint density at radius 3 is 1.28 bits per heavy atom. The molecule has 0 rings (SSSR count). The Kier molecular flexibility index (Phi) is 6.98. The van der Waals surface area contributed by atoms with E-state index in [0.29, 0.717) is 0 Å². The van der Waals surface area contributed by atoms with E-state index in [1.54, 1.807) is 0 Å². The van der Waals surface area contributed by atoms with E-state index in [2.05, 4.69) is 0 Å². The number of halogens is 4. The molecule has 0 spiro atoms. The van der Waals surface area contributed by atoms with Crippen molar-refractivity contribution in [1.82, 2.24) is 0 Å². The molecule has 12 heteroatoms. The van der Waals surface area contributed by atoms with Crippen molar-refractivity contribution in [1.29, 1.82) is 0 Å². The van der Waals surface area contributed by atoms with Crippen LogP contribution in [0.2, 0.25) is 0 Å². The zero-order valence-electron chi connectivity index (χ0n) is 9.52. The first-order valence-corrected chi connectivity index (χ1v) is 4.04. The number of carbonyl (C=O) groups is 3. The molecule has 106 valence electrons. The van der Waals surface area contributed by atoms with Gasteiger partial charge in [0.25, 0.3) is 0 Å². The van der Waals surface area contributed by atoms with Gasteiger partial charge in [0.2, 0.25) is 0 Å². The van der Waals surface area contributed by atoms with Crippen molar-refractivity contribution in [3.05, 3.63) is 0 Å². The predicted molar refractivity (Wildman–Crippen MR) is 48.4 cm³/mol. The van der Waals surface area contributed by atoms with Crippen molar-refractivity contribution in [3.63, 3.8) is 0 Å². The van der Waals surface area contributed by atoms with Gasteiger partial charge in [-0.2, -0.15) is 0 Å². The second-order valence-electron chi connectivity index (χ2n) is 2.97. The molecule has 0 fully saturated rings. The van der Waals surface area contributed by atoms with Crippen LogP contribution in [0.4, 0.5) is 17.3 Å². The van der Waals surface area contributed by atoms with Gasteiger partial charge >= 0.3 is 26.6 Å². The van der Waals surface area contributed by atoms with Crippen LogP contribution < -0.4 is 0 Å². The van der Waals surface area contributed by atoms with E-state index in [9.17, 15) is 31.6 Å². The Hall–Kier alpha value is -1.85. The van der Waals surface area contributed by atoms with Gasteiger partial charge in [0.05, 0.1) is 12.8 Å². The Bertz CT molecular complexity index is 312. The minimum Gasteiger partial charge on any atom is -0.481 e. The van der Waals surface area contributed by atoms with Crippen LogP contribution in [0.25, 0.3) is 0 Å². The third-order valence-corrected chi connectivity index (χ3v) is 1.29. The highest BCUT2D eigenvalue weighted by Gasteiger charge is 2.40. The van der Waals surface area contributed by atoms with Crippen LogP contribution in [0.1, 0.15) is 14.3 Å². The van der Waals surface area contributed by atoms with Crippen molar-refractivity contribution in [2.24, 2.45) is 0 Å². The van der Waals surface area contributed by atoms with Crippen molar-refractivity contribution in [2.45, 2.75) is 18.4 Å². The highest BCUT2D eigenvalue weighted by molar-refractivity contribution is 6.50. The first-order valence-electron chi connectivity index (χ1n) is 4.04. The molecule has 0 aliphatic rings. The van der Waals surface area contributed by atoms with Crippen LogP contribution in [-0.2, 0) is 14.4 Å². The summed E-state index contributed by atoms with van der Waals surface area (Å²) in [5.41, 5.74) is -2.74. The molecule has 18 heavy (non-hydrogen) atoms. The fourth-order valence-corrected chi connectivity index (χ4v) is 0.714. The minimum absolute atomic E-state index is 0. The van der Waals surface area contributed by atoms with Crippen LogP contribution in [0.3, 0.4) is 0 Å². The highest BCUT2D eigenvalue weighted by Crippen LogP contribution is 2.15. The summed E-state index contributed by atoms with van der Waals surface area (Å²) >= 11 is 0. The average molecular weight is 280 g/mol. The summed E-state index contributed by atoms with van der Waals surface area (Å²) in [7, 11) is -6.00. The van der Waals surface area contributed by atoms with Crippen molar-refractivity contribution in [3.8, 4) is 0 Å². The maximum atomic E-state index is 10.3. The van der Waals surface area contributed by atoms with Crippen molar-refractivity contribution < 1.29 is 53.5 Å². The lowest BCUT2D eigenvalue weighted by Crippen LogP contribution is -2.42. The average Bonchev–Trinajstić information content (AvgIpc) is 1.95. The van der Waals surface area contributed by atoms with E-state index < -0.39 is 43.6 Å². The van der Waals surface area contributed by atoms with Gasteiger partial charge in [-0.3, -0.25) is 9.59 Å². The quantitative estimate of drug-likeness (QED) is 0.416. The molecule has 0 unspecified atom stereocenters. The number of rotatable bonds is 5. The third-order valence-electron chi connectivity index (χ3n) is 1.29. The van der Waals surface area contributed by atoms with E-state index in [1.165, 1.54) is 0 Å². The monoisotopic (exact) mass is 280 g/mol. The fraction of sp³-hybridized carbons (Fsp3) is 0.500. The predicted octanol–water partition coefficient (Wildman–Crippen LogP) is 0.164. The third kappa shape index (κ3) is 12.2. The zero-order valence-corrected chi connectivity index (χ0v) is 8.52. The van der Waals surface area contributed by atoms with Gasteiger partial charge in [-0.05, 0) is 0 Å². The Morgan fingerprint density at radius 1 is 0.944 bits per heavy atom. The van der Waals surface area contributed by atoms with Gasteiger partial charge in [-0.1, -0.05) is 0 Å². The largest absolute Gasteiger partial charge is 1.00 e. The van der Waals surface area contributed by atoms with Gasteiger partial charge < -0.3 is 37.7 Å². The lowest BCUT2D eigenvalue weighted by molar-refractivity contribution is -0.170. The maximum Gasteiger partial charge on any atom is 1.00 e. The highest BCUT2D eigenvalue weighted by atomic mass is 19.5. The summed E-state index contributed by atoms with van der Waals surface area (Å²) in [4.78, 5) is 30.5. The zero-order chi connectivity index (χ0) is 15.1. The van der Waals surface area contributed by atoms with Crippen LogP contribution >= 0.6 is 0 Å². The van der Waals surface area contributed by atoms with Crippen molar-refractivity contribution in [2.75, 3.05) is 0 Å². The van der Waals surface area contributed by atoms with E-state index >= 15 is 0 Å².